The first-order chi connectivity index (χ1) is 6.63. The van der Waals surface area contributed by atoms with Crippen molar-refractivity contribution in [3.8, 4) is 0 Å². The van der Waals surface area contributed by atoms with Crippen molar-refractivity contribution in [3.63, 3.8) is 0 Å². The summed E-state index contributed by atoms with van der Waals surface area (Å²) in [7, 11) is 0. The predicted octanol–water partition coefficient (Wildman–Crippen LogP) is 1.96. The largest absolute Gasteiger partial charge is 0.254 e. The van der Waals surface area contributed by atoms with E-state index in [0.717, 1.165) is 17.7 Å². The summed E-state index contributed by atoms with van der Waals surface area (Å²) in [5, 5.41) is 4.79. The van der Waals surface area contributed by atoms with Crippen LogP contribution in [0.5, 0.6) is 0 Å². The molecule has 74 valence electrons. The molecule has 5 heteroatoms. The maximum Gasteiger partial charge on any atom is 0.254 e. The van der Waals surface area contributed by atoms with Gasteiger partial charge in [-0.3, -0.25) is 0 Å². The Labute approximate surface area is 86.9 Å². The van der Waals surface area contributed by atoms with Gasteiger partial charge in [-0.05, 0) is 20.3 Å². The van der Waals surface area contributed by atoms with E-state index in [9.17, 15) is 0 Å². The van der Waals surface area contributed by atoms with Gasteiger partial charge in [0.2, 0.25) is 0 Å². The summed E-state index contributed by atoms with van der Waals surface area (Å²) in [6.07, 6.45) is 0.854. The van der Waals surface area contributed by atoms with Gasteiger partial charge in [-0.1, -0.05) is 18.5 Å². The molecule has 0 spiro atoms. The van der Waals surface area contributed by atoms with Crippen LogP contribution in [0.2, 0.25) is 5.15 Å². The number of halogens is 1. The first kappa shape index (κ1) is 9.40. The van der Waals surface area contributed by atoms with Crippen LogP contribution in [-0.2, 0) is 6.42 Å². The second-order valence-electron chi connectivity index (χ2n) is 3.19. The van der Waals surface area contributed by atoms with Crippen LogP contribution in [-0.4, -0.2) is 19.6 Å². The van der Waals surface area contributed by atoms with Gasteiger partial charge in [-0.15, -0.1) is 5.10 Å². The van der Waals surface area contributed by atoms with Gasteiger partial charge in [0.15, 0.2) is 0 Å². The molecule has 14 heavy (non-hydrogen) atoms. The van der Waals surface area contributed by atoms with Gasteiger partial charge in [-0.2, -0.15) is 9.50 Å². The molecular formula is C9H11ClN4. The highest BCUT2D eigenvalue weighted by atomic mass is 35.5. The van der Waals surface area contributed by atoms with Gasteiger partial charge in [0.05, 0.1) is 0 Å². The average molecular weight is 211 g/mol. The first-order valence-electron chi connectivity index (χ1n) is 4.51. The van der Waals surface area contributed by atoms with Crippen molar-refractivity contribution in [1.82, 2.24) is 19.6 Å². The van der Waals surface area contributed by atoms with Gasteiger partial charge in [0, 0.05) is 11.3 Å². The molecule has 0 saturated heterocycles. The molecule has 0 aliphatic rings. The Morgan fingerprint density at radius 1 is 1.29 bits per heavy atom. The molecule has 0 aromatic carbocycles. The second-order valence-corrected chi connectivity index (χ2v) is 3.55. The van der Waals surface area contributed by atoms with E-state index in [1.807, 2.05) is 20.8 Å². The third-order valence-corrected chi connectivity index (χ3v) is 2.58. The van der Waals surface area contributed by atoms with Crippen molar-refractivity contribution in [2.45, 2.75) is 27.2 Å². The molecule has 0 unspecified atom stereocenters. The summed E-state index contributed by atoms with van der Waals surface area (Å²) >= 11 is 6.18. The van der Waals surface area contributed by atoms with Crippen LogP contribution in [0.3, 0.4) is 0 Å². The highest BCUT2D eigenvalue weighted by Gasteiger charge is 2.11. The summed E-state index contributed by atoms with van der Waals surface area (Å²) < 4.78 is 1.59. The Morgan fingerprint density at radius 2 is 2.00 bits per heavy atom. The lowest BCUT2D eigenvalue weighted by Crippen LogP contribution is -2.01. The zero-order chi connectivity index (χ0) is 10.3. The quantitative estimate of drug-likeness (QED) is 0.676. The smallest absolute Gasteiger partial charge is 0.216 e. The number of hydrogen-bond donors (Lipinski definition) is 0. The lowest BCUT2D eigenvalue weighted by Gasteiger charge is -2.05. The molecule has 2 aromatic rings. The van der Waals surface area contributed by atoms with E-state index in [2.05, 4.69) is 15.1 Å². The normalized spacial score (nSPS) is 11.1. The number of fused-ring (bicyclic) bond motifs is 1. The van der Waals surface area contributed by atoms with Gasteiger partial charge in [0.1, 0.15) is 11.0 Å². The Balaban J connectivity index is 2.84. The van der Waals surface area contributed by atoms with Gasteiger partial charge < -0.3 is 0 Å². The van der Waals surface area contributed by atoms with Crippen LogP contribution in [0.4, 0.5) is 0 Å². The Kier molecular flexibility index (Phi) is 2.15. The lowest BCUT2D eigenvalue weighted by atomic mass is 10.2. The molecule has 0 atom stereocenters. The molecular weight excluding hydrogens is 200 g/mol. The number of aromatic nitrogens is 4. The summed E-state index contributed by atoms with van der Waals surface area (Å²) in [4.78, 5) is 8.50. The zero-order valence-corrected chi connectivity index (χ0v) is 9.13. The number of aryl methyl sites for hydroxylation is 2. The van der Waals surface area contributed by atoms with Crippen molar-refractivity contribution in [1.29, 1.82) is 0 Å². The van der Waals surface area contributed by atoms with E-state index < -0.39 is 0 Å². The fourth-order valence-corrected chi connectivity index (χ4v) is 1.89. The number of hydrogen-bond acceptors (Lipinski definition) is 3. The fourth-order valence-electron chi connectivity index (χ4n) is 1.50. The Hall–Kier alpha value is -1.16. The molecule has 0 radical (unpaired) electrons. The minimum atomic E-state index is 0.571. The van der Waals surface area contributed by atoms with E-state index in [-0.39, 0.29) is 0 Å². The molecule has 0 bridgehead atoms. The Bertz CT molecular complexity index is 489. The fraction of sp³-hybridized carbons (Fsp3) is 0.444. The average Bonchev–Trinajstić information content (AvgIpc) is 2.47. The minimum Gasteiger partial charge on any atom is -0.216 e. The summed E-state index contributed by atoms with van der Waals surface area (Å²) in [5.41, 5.74) is 1.96. The van der Waals surface area contributed by atoms with Crippen molar-refractivity contribution < 1.29 is 0 Å². The Morgan fingerprint density at radius 3 is 2.64 bits per heavy atom. The topological polar surface area (TPSA) is 43.1 Å². The molecule has 2 rings (SSSR count). The highest BCUT2D eigenvalue weighted by molar-refractivity contribution is 6.30. The van der Waals surface area contributed by atoms with Gasteiger partial charge in [0.25, 0.3) is 5.78 Å². The minimum absolute atomic E-state index is 0.571. The van der Waals surface area contributed by atoms with E-state index in [4.69, 9.17) is 11.6 Å². The van der Waals surface area contributed by atoms with Crippen LogP contribution < -0.4 is 0 Å². The van der Waals surface area contributed by atoms with Crippen LogP contribution in [0.1, 0.15) is 24.0 Å². The van der Waals surface area contributed by atoms with E-state index >= 15 is 0 Å². The molecule has 0 saturated carbocycles. The molecule has 0 aliphatic carbocycles. The molecule has 0 aliphatic heterocycles. The highest BCUT2D eigenvalue weighted by Crippen LogP contribution is 2.19. The van der Waals surface area contributed by atoms with Crippen LogP contribution in [0.25, 0.3) is 5.78 Å². The molecule has 0 fully saturated rings. The maximum absolute atomic E-state index is 6.18. The van der Waals surface area contributed by atoms with E-state index in [1.54, 1.807) is 4.52 Å². The summed E-state index contributed by atoms with van der Waals surface area (Å²) in [6, 6.07) is 0. The molecule has 2 aromatic heterocycles. The van der Waals surface area contributed by atoms with Crippen molar-refractivity contribution >= 4 is 17.4 Å². The second kappa shape index (κ2) is 3.20. The van der Waals surface area contributed by atoms with Gasteiger partial charge >= 0.3 is 0 Å². The zero-order valence-electron chi connectivity index (χ0n) is 8.37. The summed E-state index contributed by atoms with van der Waals surface area (Å²) in [5.74, 6) is 1.26. The lowest BCUT2D eigenvalue weighted by molar-refractivity contribution is 0.881. The van der Waals surface area contributed by atoms with Crippen LogP contribution in [0, 0.1) is 13.8 Å². The molecule has 0 amide bonds. The summed E-state index contributed by atoms with van der Waals surface area (Å²) in [6.45, 7) is 5.81. The van der Waals surface area contributed by atoms with Gasteiger partial charge in [-0.25, -0.2) is 4.98 Å². The maximum atomic E-state index is 6.18. The number of nitrogens with zero attached hydrogens (tertiary/aromatic N) is 4. The molecule has 4 nitrogen and oxygen atoms in total. The van der Waals surface area contributed by atoms with Crippen molar-refractivity contribution in [3.05, 3.63) is 22.2 Å². The predicted molar refractivity (Wildman–Crippen MR) is 54.6 cm³/mol. The van der Waals surface area contributed by atoms with Crippen molar-refractivity contribution in [2.24, 2.45) is 0 Å². The van der Waals surface area contributed by atoms with E-state index in [0.29, 0.717) is 16.8 Å². The monoisotopic (exact) mass is 210 g/mol. The third-order valence-electron chi connectivity index (χ3n) is 2.19. The van der Waals surface area contributed by atoms with E-state index in [1.165, 1.54) is 0 Å². The van der Waals surface area contributed by atoms with Crippen molar-refractivity contribution in [2.75, 3.05) is 0 Å². The van der Waals surface area contributed by atoms with Crippen LogP contribution in [0.15, 0.2) is 0 Å². The standard InChI is InChI=1S/C9H11ClN4/c1-4-7-5(2)11-9-12-6(3)13-14(9)8(7)10/h4H2,1-3H3. The molecule has 0 N–H and O–H groups in total. The first-order valence-corrected chi connectivity index (χ1v) is 4.89. The number of rotatable bonds is 1. The molecule has 2 heterocycles. The third kappa shape index (κ3) is 1.26. The SMILES string of the molecule is CCc1c(C)nc2nc(C)nn2c1Cl. The van der Waals surface area contributed by atoms with Crippen LogP contribution >= 0.6 is 11.6 Å².